The number of amides is 1. The van der Waals surface area contributed by atoms with Crippen molar-refractivity contribution in [2.24, 2.45) is 16.3 Å². The Morgan fingerprint density at radius 2 is 2.15 bits per heavy atom. The summed E-state index contributed by atoms with van der Waals surface area (Å²) in [6, 6.07) is 0.0320. The minimum atomic E-state index is -0.798. The van der Waals surface area contributed by atoms with Crippen LogP contribution in [-0.2, 0) is 9.53 Å². The van der Waals surface area contributed by atoms with E-state index in [1.54, 1.807) is 0 Å². The van der Waals surface area contributed by atoms with Crippen LogP contribution in [0, 0.1) is 5.41 Å². The van der Waals surface area contributed by atoms with Gasteiger partial charge in [0.15, 0.2) is 5.84 Å². The molecule has 1 aliphatic heterocycles. The van der Waals surface area contributed by atoms with Crippen molar-refractivity contribution in [3.63, 3.8) is 0 Å². The predicted octanol–water partition coefficient (Wildman–Crippen LogP) is -0.260. The van der Waals surface area contributed by atoms with Crippen LogP contribution in [0.4, 0.5) is 0 Å². The Balaban J connectivity index is 1.86. The third kappa shape index (κ3) is 3.04. The quantitative estimate of drug-likeness (QED) is 0.279. The van der Waals surface area contributed by atoms with Crippen LogP contribution in [0.25, 0.3) is 0 Å². The van der Waals surface area contributed by atoms with Crippen molar-refractivity contribution < 1.29 is 14.7 Å². The second-order valence-corrected chi connectivity index (χ2v) is 5.71. The molecule has 0 aromatic heterocycles. The standard InChI is InChI=1S/C13H24N4O3/c1-10(9-17-5-7-20-8-6-17)15-12(18)13(3-2-4-13)11(14)16-19/h10,19H,2-9H2,1H3,(H2,14,16)(H,15,18). The van der Waals surface area contributed by atoms with E-state index < -0.39 is 5.41 Å². The highest BCUT2D eigenvalue weighted by Crippen LogP contribution is 2.41. The highest BCUT2D eigenvalue weighted by molar-refractivity contribution is 6.07. The third-order valence-corrected chi connectivity index (χ3v) is 4.25. The summed E-state index contributed by atoms with van der Waals surface area (Å²) < 4.78 is 5.30. The van der Waals surface area contributed by atoms with E-state index in [9.17, 15) is 4.79 Å². The molecular weight excluding hydrogens is 260 g/mol. The Morgan fingerprint density at radius 1 is 1.50 bits per heavy atom. The van der Waals surface area contributed by atoms with Crippen LogP contribution in [0.2, 0.25) is 0 Å². The molecule has 2 aliphatic rings. The van der Waals surface area contributed by atoms with Gasteiger partial charge in [0, 0.05) is 25.7 Å². The molecule has 1 saturated carbocycles. The van der Waals surface area contributed by atoms with Crippen molar-refractivity contribution in [2.75, 3.05) is 32.8 Å². The summed E-state index contributed by atoms with van der Waals surface area (Å²) in [4.78, 5) is 14.6. The van der Waals surface area contributed by atoms with Crippen LogP contribution in [0.3, 0.4) is 0 Å². The first-order chi connectivity index (χ1) is 9.58. The van der Waals surface area contributed by atoms with E-state index in [1.807, 2.05) is 6.92 Å². The molecule has 1 unspecified atom stereocenters. The molecule has 1 aliphatic carbocycles. The van der Waals surface area contributed by atoms with Crippen LogP contribution in [0.1, 0.15) is 26.2 Å². The summed E-state index contributed by atoms with van der Waals surface area (Å²) in [5, 5.41) is 14.9. The molecule has 1 saturated heterocycles. The van der Waals surface area contributed by atoms with Gasteiger partial charge in [0.25, 0.3) is 0 Å². The van der Waals surface area contributed by atoms with Gasteiger partial charge in [-0.2, -0.15) is 0 Å². The molecule has 1 heterocycles. The van der Waals surface area contributed by atoms with Gasteiger partial charge in [-0.1, -0.05) is 11.6 Å². The Labute approximate surface area is 119 Å². The number of hydrogen-bond donors (Lipinski definition) is 3. The number of amidine groups is 1. The first kappa shape index (κ1) is 15.1. The molecule has 7 nitrogen and oxygen atoms in total. The van der Waals surface area contributed by atoms with E-state index >= 15 is 0 Å². The summed E-state index contributed by atoms with van der Waals surface area (Å²) in [5.74, 6) is -0.0976. The van der Waals surface area contributed by atoms with Gasteiger partial charge in [-0.15, -0.1) is 0 Å². The van der Waals surface area contributed by atoms with Crippen LogP contribution in [-0.4, -0.2) is 60.7 Å². The predicted molar refractivity (Wildman–Crippen MR) is 74.6 cm³/mol. The van der Waals surface area contributed by atoms with Crippen molar-refractivity contribution in [2.45, 2.75) is 32.2 Å². The van der Waals surface area contributed by atoms with Crippen LogP contribution >= 0.6 is 0 Å². The number of carbonyl (C=O) groups excluding carboxylic acids is 1. The second-order valence-electron chi connectivity index (χ2n) is 5.71. The van der Waals surface area contributed by atoms with E-state index in [2.05, 4.69) is 15.4 Å². The van der Waals surface area contributed by atoms with Gasteiger partial charge in [0.1, 0.15) is 5.41 Å². The molecule has 114 valence electrons. The van der Waals surface area contributed by atoms with E-state index in [-0.39, 0.29) is 17.8 Å². The van der Waals surface area contributed by atoms with Gasteiger partial charge >= 0.3 is 0 Å². The number of ether oxygens (including phenoxy) is 1. The van der Waals surface area contributed by atoms with Crippen molar-refractivity contribution in [1.29, 1.82) is 0 Å². The Kier molecular flexibility index (Phi) is 4.82. The maximum atomic E-state index is 12.4. The average molecular weight is 284 g/mol. The lowest BCUT2D eigenvalue weighted by molar-refractivity contribution is -0.131. The summed E-state index contributed by atoms with van der Waals surface area (Å²) in [5.41, 5.74) is 4.89. The number of nitrogens with zero attached hydrogens (tertiary/aromatic N) is 2. The molecule has 0 radical (unpaired) electrons. The summed E-state index contributed by atoms with van der Waals surface area (Å²) in [6.07, 6.45) is 2.24. The highest BCUT2D eigenvalue weighted by Gasteiger charge is 2.48. The average Bonchev–Trinajstić information content (AvgIpc) is 2.38. The first-order valence-electron chi connectivity index (χ1n) is 7.17. The zero-order valence-electron chi connectivity index (χ0n) is 12.0. The molecule has 1 atom stereocenters. The number of nitrogens with two attached hydrogens (primary N) is 1. The zero-order chi connectivity index (χ0) is 14.6. The fraction of sp³-hybridized carbons (Fsp3) is 0.846. The largest absolute Gasteiger partial charge is 0.409 e. The van der Waals surface area contributed by atoms with Crippen molar-refractivity contribution in [1.82, 2.24) is 10.2 Å². The van der Waals surface area contributed by atoms with Gasteiger partial charge in [-0.3, -0.25) is 9.69 Å². The molecule has 2 fully saturated rings. The van der Waals surface area contributed by atoms with E-state index in [0.29, 0.717) is 12.8 Å². The van der Waals surface area contributed by atoms with E-state index in [0.717, 1.165) is 39.3 Å². The summed E-state index contributed by atoms with van der Waals surface area (Å²) >= 11 is 0. The maximum absolute atomic E-state index is 12.4. The lowest BCUT2D eigenvalue weighted by Crippen LogP contribution is -2.57. The van der Waals surface area contributed by atoms with Gasteiger partial charge in [0.2, 0.25) is 5.91 Å². The third-order valence-electron chi connectivity index (χ3n) is 4.25. The number of hydrogen-bond acceptors (Lipinski definition) is 5. The first-order valence-corrected chi connectivity index (χ1v) is 7.17. The number of carbonyl (C=O) groups is 1. The molecule has 0 aromatic carbocycles. The van der Waals surface area contributed by atoms with Crippen molar-refractivity contribution >= 4 is 11.7 Å². The van der Waals surface area contributed by atoms with Gasteiger partial charge in [-0.25, -0.2) is 0 Å². The lowest BCUT2D eigenvalue weighted by atomic mass is 9.67. The number of rotatable bonds is 5. The van der Waals surface area contributed by atoms with E-state index in [1.165, 1.54) is 0 Å². The van der Waals surface area contributed by atoms with Crippen LogP contribution < -0.4 is 11.1 Å². The normalized spacial score (nSPS) is 24.8. The van der Waals surface area contributed by atoms with Crippen LogP contribution in [0.15, 0.2) is 5.16 Å². The van der Waals surface area contributed by atoms with Gasteiger partial charge in [-0.05, 0) is 19.8 Å². The van der Waals surface area contributed by atoms with Gasteiger partial charge in [0.05, 0.1) is 13.2 Å². The van der Waals surface area contributed by atoms with E-state index in [4.69, 9.17) is 15.7 Å². The molecule has 0 aromatic rings. The van der Waals surface area contributed by atoms with Crippen molar-refractivity contribution in [3.05, 3.63) is 0 Å². The lowest BCUT2D eigenvalue weighted by Gasteiger charge is -2.40. The minimum Gasteiger partial charge on any atom is -0.409 e. The molecule has 1 amide bonds. The maximum Gasteiger partial charge on any atom is 0.234 e. The number of morpholine rings is 1. The Bertz CT molecular complexity index is 376. The topological polar surface area (TPSA) is 100 Å². The number of nitrogens with one attached hydrogen (secondary N) is 1. The molecule has 7 heteroatoms. The minimum absolute atomic E-state index is 0.0276. The molecular formula is C13H24N4O3. The zero-order valence-corrected chi connectivity index (χ0v) is 12.0. The summed E-state index contributed by atoms with van der Waals surface area (Å²) in [6.45, 7) is 6.05. The fourth-order valence-corrected chi connectivity index (χ4v) is 2.80. The molecule has 2 rings (SSSR count). The Hall–Kier alpha value is -1.34. The molecule has 0 spiro atoms. The SMILES string of the molecule is CC(CN1CCOCC1)NC(=O)C1(C(N)=NO)CCC1. The summed E-state index contributed by atoms with van der Waals surface area (Å²) in [7, 11) is 0. The van der Waals surface area contributed by atoms with Gasteiger partial charge < -0.3 is 21.0 Å². The van der Waals surface area contributed by atoms with Crippen LogP contribution in [0.5, 0.6) is 0 Å². The molecule has 4 N–H and O–H groups in total. The van der Waals surface area contributed by atoms with Crippen molar-refractivity contribution in [3.8, 4) is 0 Å². The Morgan fingerprint density at radius 3 is 2.65 bits per heavy atom. The fourth-order valence-electron chi connectivity index (χ4n) is 2.80. The molecule has 0 bridgehead atoms. The smallest absolute Gasteiger partial charge is 0.234 e. The molecule has 20 heavy (non-hydrogen) atoms. The monoisotopic (exact) mass is 284 g/mol. The second kappa shape index (κ2) is 6.41. The number of oxime groups is 1. The highest BCUT2D eigenvalue weighted by atomic mass is 16.5.